The Hall–Kier alpha value is -2.60. The first kappa shape index (κ1) is 12.4. The van der Waals surface area contributed by atoms with Crippen molar-refractivity contribution >= 4 is 5.52 Å². The highest BCUT2D eigenvalue weighted by molar-refractivity contribution is 5.58. The lowest BCUT2D eigenvalue weighted by atomic mass is 10.1. The second-order valence-electron chi connectivity index (χ2n) is 4.93. The summed E-state index contributed by atoms with van der Waals surface area (Å²) >= 11 is 0. The van der Waals surface area contributed by atoms with Crippen LogP contribution in [0.15, 0.2) is 48.7 Å². The Morgan fingerprint density at radius 1 is 1.10 bits per heavy atom. The largest absolute Gasteiger partial charge is 0.302 e. The van der Waals surface area contributed by atoms with Gasteiger partial charge in [0.05, 0.1) is 5.52 Å². The van der Waals surface area contributed by atoms with Crippen LogP contribution in [-0.4, -0.2) is 9.38 Å². The Labute approximate surface area is 118 Å². The minimum atomic E-state index is 0.504. The second-order valence-corrected chi connectivity index (χ2v) is 4.93. The molecule has 0 fully saturated rings. The number of nitrogens with zero attached hydrogens (tertiary/aromatic N) is 3. The quantitative estimate of drug-likeness (QED) is 0.726. The number of nitriles is 1. The van der Waals surface area contributed by atoms with Gasteiger partial charge in [-0.1, -0.05) is 35.9 Å². The van der Waals surface area contributed by atoms with Crippen LogP contribution >= 0.6 is 0 Å². The number of benzene rings is 1. The molecule has 0 aliphatic heterocycles. The van der Waals surface area contributed by atoms with Crippen LogP contribution in [0.25, 0.3) is 5.52 Å². The third-order valence-electron chi connectivity index (χ3n) is 3.49. The normalized spacial score (nSPS) is 10.6. The number of pyridine rings is 1. The van der Waals surface area contributed by atoms with Crippen molar-refractivity contribution in [1.29, 1.82) is 5.26 Å². The van der Waals surface area contributed by atoms with E-state index in [1.165, 1.54) is 11.1 Å². The van der Waals surface area contributed by atoms with Crippen molar-refractivity contribution in [3.05, 3.63) is 71.3 Å². The molecular formula is C17H15N3. The molecule has 3 nitrogen and oxygen atoms in total. The molecule has 0 amide bonds. The molecule has 20 heavy (non-hydrogen) atoms. The van der Waals surface area contributed by atoms with Gasteiger partial charge < -0.3 is 4.40 Å². The lowest BCUT2D eigenvalue weighted by molar-refractivity contribution is 0.852. The van der Waals surface area contributed by atoms with Gasteiger partial charge in [0.1, 0.15) is 11.9 Å². The second kappa shape index (κ2) is 5.18. The van der Waals surface area contributed by atoms with E-state index in [1.807, 2.05) is 28.8 Å². The van der Waals surface area contributed by atoms with Crippen molar-refractivity contribution in [3.8, 4) is 6.07 Å². The molecule has 0 saturated heterocycles. The fraction of sp³-hybridized carbons (Fsp3) is 0.176. The van der Waals surface area contributed by atoms with Gasteiger partial charge in [0.2, 0.25) is 0 Å². The van der Waals surface area contributed by atoms with E-state index in [0.29, 0.717) is 5.69 Å². The summed E-state index contributed by atoms with van der Waals surface area (Å²) in [4.78, 5) is 4.44. The van der Waals surface area contributed by atoms with Crippen LogP contribution in [0.5, 0.6) is 0 Å². The number of rotatable bonds is 3. The monoisotopic (exact) mass is 261 g/mol. The maximum Gasteiger partial charge on any atom is 0.166 e. The molecule has 0 N–H and O–H groups in total. The molecule has 0 aliphatic carbocycles. The van der Waals surface area contributed by atoms with Crippen molar-refractivity contribution < 1.29 is 0 Å². The molecule has 0 radical (unpaired) electrons. The van der Waals surface area contributed by atoms with Crippen LogP contribution in [0, 0.1) is 18.3 Å². The summed E-state index contributed by atoms with van der Waals surface area (Å²) in [5.41, 5.74) is 3.95. The highest BCUT2D eigenvalue weighted by Gasteiger charge is 2.09. The first-order chi connectivity index (χ1) is 9.78. The molecule has 98 valence electrons. The van der Waals surface area contributed by atoms with Crippen LogP contribution < -0.4 is 0 Å². The minimum absolute atomic E-state index is 0.504. The summed E-state index contributed by atoms with van der Waals surface area (Å²) in [5.74, 6) is 0.942. The van der Waals surface area contributed by atoms with E-state index >= 15 is 0 Å². The smallest absolute Gasteiger partial charge is 0.166 e. The van der Waals surface area contributed by atoms with E-state index in [9.17, 15) is 0 Å². The molecule has 3 aromatic rings. The Bertz CT molecular complexity index is 776. The van der Waals surface area contributed by atoms with Gasteiger partial charge in [-0.05, 0) is 31.0 Å². The van der Waals surface area contributed by atoms with E-state index in [1.54, 1.807) is 0 Å². The average Bonchev–Trinajstić information content (AvgIpc) is 2.85. The number of hydrogen-bond acceptors (Lipinski definition) is 2. The van der Waals surface area contributed by atoms with Crippen molar-refractivity contribution in [1.82, 2.24) is 9.38 Å². The predicted molar refractivity (Wildman–Crippen MR) is 78.5 cm³/mol. The number of hydrogen-bond donors (Lipinski definition) is 0. The Kier molecular flexibility index (Phi) is 3.22. The van der Waals surface area contributed by atoms with Crippen LogP contribution in [0.1, 0.15) is 22.6 Å². The van der Waals surface area contributed by atoms with E-state index in [2.05, 4.69) is 42.2 Å². The zero-order valence-electron chi connectivity index (χ0n) is 11.4. The van der Waals surface area contributed by atoms with Gasteiger partial charge in [-0.15, -0.1) is 0 Å². The standard InChI is InChI=1S/C17H15N3/c1-13-5-7-14(8-6-13)9-10-17-19-15(12-18)16-4-2-3-11-20(16)17/h2-8,11H,9-10H2,1H3. The van der Waals surface area contributed by atoms with Gasteiger partial charge in [-0.3, -0.25) is 0 Å². The predicted octanol–water partition coefficient (Wildman–Crippen LogP) is 3.30. The molecule has 0 saturated carbocycles. The molecular weight excluding hydrogens is 246 g/mol. The minimum Gasteiger partial charge on any atom is -0.302 e. The molecule has 0 spiro atoms. The van der Waals surface area contributed by atoms with Crippen LogP contribution in [0.3, 0.4) is 0 Å². The number of imidazole rings is 1. The molecule has 0 unspecified atom stereocenters. The molecule has 1 aromatic carbocycles. The molecule has 2 aromatic heterocycles. The molecule has 3 heteroatoms. The summed E-state index contributed by atoms with van der Waals surface area (Å²) in [5, 5.41) is 9.14. The number of fused-ring (bicyclic) bond motifs is 1. The first-order valence-corrected chi connectivity index (χ1v) is 6.69. The molecule has 0 atom stereocenters. The number of aromatic nitrogens is 2. The van der Waals surface area contributed by atoms with Crippen molar-refractivity contribution in [2.75, 3.05) is 0 Å². The van der Waals surface area contributed by atoms with Crippen LogP contribution in [0.4, 0.5) is 0 Å². The Morgan fingerprint density at radius 3 is 2.65 bits per heavy atom. The zero-order chi connectivity index (χ0) is 13.9. The average molecular weight is 261 g/mol. The lowest BCUT2D eigenvalue weighted by Gasteiger charge is -2.02. The maximum atomic E-state index is 9.14. The summed E-state index contributed by atoms with van der Waals surface area (Å²) in [7, 11) is 0. The van der Waals surface area contributed by atoms with Gasteiger partial charge >= 0.3 is 0 Å². The summed E-state index contributed by atoms with van der Waals surface area (Å²) in [6, 6.07) is 16.5. The SMILES string of the molecule is Cc1ccc(CCc2nc(C#N)c3ccccn23)cc1. The van der Waals surface area contributed by atoms with Crippen LogP contribution in [0.2, 0.25) is 0 Å². The molecule has 0 aliphatic rings. The maximum absolute atomic E-state index is 9.14. The topological polar surface area (TPSA) is 41.1 Å². The fourth-order valence-corrected chi connectivity index (χ4v) is 2.37. The van der Waals surface area contributed by atoms with Gasteiger partial charge in [0.25, 0.3) is 0 Å². The van der Waals surface area contributed by atoms with Crippen molar-refractivity contribution in [2.45, 2.75) is 19.8 Å². The highest BCUT2D eigenvalue weighted by atomic mass is 15.0. The van der Waals surface area contributed by atoms with Crippen LogP contribution in [-0.2, 0) is 12.8 Å². The fourth-order valence-electron chi connectivity index (χ4n) is 2.37. The van der Waals surface area contributed by atoms with Gasteiger partial charge in [-0.25, -0.2) is 4.98 Å². The zero-order valence-corrected chi connectivity index (χ0v) is 11.4. The molecule has 2 heterocycles. The summed E-state index contributed by atoms with van der Waals surface area (Å²) in [6.07, 6.45) is 3.72. The van der Waals surface area contributed by atoms with Crippen molar-refractivity contribution in [2.24, 2.45) is 0 Å². The first-order valence-electron chi connectivity index (χ1n) is 6.69. The van der Waals surface area contributed by atoms with E-state index < -0.39 is 0 Å². The van der Waals surface area contributed by atoms with Gasteiger partial charge in [0.15, 0.2) is 5.69 Å². The molecule has 3 rings (SSSR count). The highest BCUT2D eigenvalue weighted by Crippen LogP contribution is 2.14. The van der Waals surface area contributed by atoms with Crippen molar-refractivity contribution in [3.63, 3.8) is 0 Å². The molecule has 0 bridgehead atoms. The van der Waals surface area contributed by atoms with Gasteiger partial charge in [-0.2, -0.15) is 5.26 Å². The summed E-state index contributed by atoms with van der Waals surface area (Å²) in [6.45, 7) is 2.09. The third-order valence-corrected chi connectivity index (χ3v) is 3.49. The lowest BCUT2D eigenvalue weighted by Crippen LogP contribution is -1.97. The van der Waals surface area contributed by atoms with E-state index in [0.717, 1.165) is 24.2 Å². The summed E-state index contributed by atoms with van der Waals surface area (Å²) < 4.78 is 2.01. The van der Waals surface area contributed by atoms with E-state index in [4.69, 9.17) is 5.26 Å². The Morgan fingerprint density at radius 2 is 1.90 bits per heavy atom. The number of aryl methyl sites for hydroxylation is 3. The van der Waals surface area contributed by atoms with Gasteiger partial charge in [0, 0.05) is 12.6 Å². The van der Waals surface area contributed by atoms with E-state index in [-0.39, 0.29) is 0 Å². The Balaban J connectivity index is 1.88. The third kappa shape index (κ3) is 2.28.